The van der Waals surface area contributed by atoms with E-state index in [4.69, 9.17) is 4.74 Å². The van der Waals surface area contributed by atoms with Crippen LogP contribution in [0.2, 0.25) is 0 Å². The van der Waals surface area contributed by atoms with Gasteiger partial charge in [0.15, 0.2) is 0 Å². The average Bonchev–Trinajstić information content (AvgIpc) is 3.01. The van der Waals surface area contributed by atoms with E-state index < -0.39 is 0 Å². The van der Waals surface area contributed by atoms with Gasteiger partial charge in [-0.2, -0.15) is 0 Å². The minimum atomic E-state index is 0.868. The fraction of sp³-hybridized carbons (Fsp3) is 0.273. The molecule has 128 valence electrons. The van der Waals surface area contributed by atoms with Crippen LogP contribution in [0.3, 0.4) is 0 Å². The standard InChI is InChI=1S/C22H22INO/c23-22-8-4-1-5-18(22)16-19-15-17(20-6-2-3-7-21(19)20)9-10-24-11-13-25-14-12-24/h1-8,15-16H,9-14H2/b19-16+. The molecule has 0 atom stereocenters. The molecule has 1 saturated heterocycles. The van der Waals surface area contributed by atoms with Crippen molar-refractivity contribution in [1.29, 1.82) is 0 Å². The van der Waals surface area contributed by atoms with Crippen LogP contribution in [0.4, 0.5) is 0 Å². The summed E-state index contributed by atoms with van der Waals surface area (Å²) in [6.45, 7) is 4.96. The summed E-state index contributed by atoms with van der Waals surface area (Å²) in [5, 5.41) is 0. The summed E-state index contributed by atoms with van der Waals surface area (Å²) >= 11 is 2.41. The highest BCUT2D eigenvalue weighted by Crippen LogP contribution is 2.38. The van der Waals surface area contributed by atoms with Crippen molar-refractivity contribution in [3.63, 3.8) is 0 Å². The maximum atomic E-state index is 5.46. The molecule has 0 N–H and O–H groups in total. The van der Waals surface area contributed by atoms with Crippen LogP contribution in [0.25, 0.3) is 17.2 Å². The van der Waals surface area contributed by atoms with Crippen molar-refractivity contribution in [2.24, 2.45) is 0 Å². The normalized spacial score (nSPS) is 19.1. The number of hydrogen-bond acceptors (Lipinski definition) is 2. The first-order valence-electron chi connectivity index (χ1n) is 8.88. The van der Waals surface area contributed by atoms with Crippen LogP contribution in [-0.2, 0) is 4.74 Å². The molecule has 0 amide bonds. The van der Waals surface area contributed by atoms with E-state index in [-0.39, 0.29) is 0 Å². The minimum absolute atomic E-state index is 0.868. The molecule has 1 fully saturated rings. The van der Waals surface area contributed by atoms with E-state index in [0.29, 0.717) is 0 Å². The second-order valence-electron chi connectivity index (χ2n) is 6.54. The Bertz CT molecular complexity index is 818. The number of ether oxygens (including phenoxy) is 1. The Balaban J connectivity index is 1.60. The zero-order chi connectivity index (χ0) is 17.1. The molecule has 0 aromatic heterocycles. The summed E-state index contributed by atoms with van der Waals surface area (Å²) in [7, 11) is 0. The molecule has 4 rings (SSSR count). The summed E-state index contributed by atoms with van der Waals surface area (Å²) in [6.07, 6.45) is 5.80. The van der Waals surface area contributed by atoms with Crippen LogP contribution >= 0.6 is 22.6 Å². The molecule has 2 nitrogen and oxygen atoms in total. The Hall–Kier alpha value is -1.43. The number of nitrogens with zero attached hydrogens (tertiary/aromatic N) is 1. The highest BCUT2D eigenvalue weighted by atomic mass is 127. The third-order valence-corrected chi connectivity index (χ3v) is 5.91. The summed E-state index contributed by atoms with van der Waals surface area (Å²) < 4.78 is 6.75. The van der Waals surface area contributed by atoms with E-state index in [0.717, 1.165) is 39.3 Å². The Morgan fingerprint density at radius 3 is 2.48 bits per heavy atom. The molecular weight excluding hydrogens is 421 g/mol. The molecule has 3 heteroatoms. The molecule has 1 aliphatic heterocycles. The van der Waals surface area contributed by atoms with Crippen molar-refractivity contribution in [1.82, 2.24) is 4.90 Å². The molecule has 2 aromatic carbocycles. The monoisotopic (exact) mass is 443 g/mol. The molecule has 1 heterocycles. The predicted molar refractivity (Wildman–Crippen MR) is 113 cm³/mol. The SMILES string of the molecule is Ic1ccccc1/C=C1\C=C(CCN2CCOCC2)c2ccccc21. The second kappa shape index (κ2) is 7.85. The fourth-order valence-electron chi connectivity index (χ4n) is 3.55. The zero-order valence-electron chi connectivity index (χ0n) is 14.2. The van der Waals surface area contributed by atoms with E-state index in [1.807, 2.05) is 0 Å². The number of rotatable bonds is 4. The van der Waals surface area contributed by atoms with E-state index in [2.05, 4.69) is 88.2 Å². The molecule has 2 aliphatic rings. The molecule has 0 spiro atoms. The van der Waals surface area contributed by atoms with E-state index >= 15 is 0 Å². The van der Waals surface area contributed by atoms with Gasteiger partial charge in [-0.15, -0.1) is 0 Å². The maximum absolute atomic E-state index is 5.46. The molecule has 1 aliphatic carbocycles. The molecule has 2 aromatic rings. The molecule has 0 saturated carbocycles. The third kappa shape index (κ3) is 3.89. The van der Waals surface area contributed by atoms with Gasteiger partial charge in [0.05, 0.1) is 13.2 Å². The van der Waals surface area contributed by atoms with Crippen molar-refractivity contribution in [3.8, 4) is 0 Å². The largest absolute Gasteiger partial charge is 0.379 e. The Morgan fingerprint density at radius 1 is 0.960 bits per heavy atom. The minimum Gasteiger partial charge on any atom is -0.379 e. The van der Waals surface area contributed by atoms with E-state index in [1.165, 1.54) is 31.4 Å². The van der Waals surface area contributed by atoms with Crippen molar-refractivity contribution in [3.05, 3.63) is 74.9 Å². The molecular formula is C22H22INO. The van der Waals surface area contributed by atoms with Crippen LogP contribution in [0.1, 0.15) is 23.1 Å². The van der Waals surface area contributed by atoms with E-state index in [9.17, 15) is 0 Å². The Morgan fingerprint density at radius 2 is 1.68 bits per heavy atom. The first-order valence-corrected chi connectivity index (χ1v) is 9.96. The quantitative estimate of drug-likeness (QED) is 0.621. The van der Waals surface area contributed by atoms with Gasteiger partial charge in [-0.05, 0) is 69.0 Å². The summed E-state index contributed by atoms with van der Waals surface area (Å²) in [6, 6.07) is 17.4. The summed E-state index contributed by atoms with van der Waals surface area (Å²) in [5.74, 6) is 0. The Kier molecular flexibility index (Phi) is 5.34. The number of fused-ring (bicyclic) bond motifs is 1. The van der Waals surface area contributed by atoms with Gasteiger partial charge in [0, 0.05) is 23.2 Å². The summed E-state index contributed by atoms with van der Waals surface area (Å²) in [4.78, 5) is 2.51. The van der Waals surface area contributed by atoms with E-state index in [1.54, 1.807) is 0 Å². The van der Waals surface area contributed by atoms with Gasteiger partial charge in [-0.25, -0.2) is 0 Å². The Labute approximate surface area is 163 Å². The fourth-order valence-corrected chi connectivity index (χ4v) is 4.09. The predicted octanol–water partition coefficient (Wildman–Crippen LogP) is 4.95. The zero-order valence-corrected chi connectivity index (χ0v) is 16.4. The van der Waals surface area contributed by atoms with Crippen molar-refractivity contribution in [2.45, 2.75) is 6.42 Å². The first-order chi connectivity index (χ1) is 12.3. The molecule has 25 heavy (non-hydrogen) atoms. The molecule has 0 bridgehead atoms. The van der Waals surface area contributed by atoms with Crippen molar-refractivity contribution < 1.29 is 4.74 Å². The number of benzene rings is 2. The topological polar surface area (TPSA) is 12.5 Å². The van der Waals surface area contributed by atoms with Crippen LogP contribution in [0.15, 0.2) is 54.6 Å². The van der Waals surface area contributed by atoms with Gasteiger partial charge >= 0.3 is 0 Å². The van der Waals surface area contributed by atoms with Gasteiger partial charge in [-0.1, -0.05) is 48.5 Å². The molecule has 0 radical (unpaired) electrons. The number of hydrogen-bond donors (Lipinski definition) is 0. The van der Waals surface area contributed by atoms with Gasteiger partial charge in [0.1, 0.15) is 0 Å². The van der Waals surface area contributed by atoms with Gasteiger partial charge in [-0.3, -0.25) is 4.90 Å². The van der Waals surface area contributed by atoms with Crippen LogP contribution < -0.4 is 0 Å². The highest BCUT2D eigenvalue weighted by Gasteiger charge is 2.19. The van der Waals surface area contributed by atoms with Crippen LogP contribution in [-0.4, -0.2) is 37.7 Å². The average molecular weight is 443 g/mol. The van der Waals surface area contributed by atoms with Gasteiger partial charge in [0.2, 0.25) is 0 Å². The van der Waals surface area contributed by atoms with Crippen molar-refractivity contribution in [2.75, 3.05) is 32.8 Å². The summed E-state index contributed by atoms with van der Waals surface area (Å²) in [5.41, 5.74) is 6.83. The maximum Gasteiger partial charge on any atom is 0.0594 e. The lowest BCUT2D eigenvalue weighted by molar-refractivity contribution is 0.0390. The van der Waals surface area contributed by atoms with Gasteiger partial charge < -0.3 is 4.74 Å². The lowest BCUT2D eigenvalue weighted by Gasteiger charge is -2.26. The lowest BCUT2D eigenvalue weighted by atomic mass is 10.0. The van der Waals surface area contributed by atoms with Gasteiger partial charge in [0.25, 0.3) is 0 Å². The smallest absolute Gasteiger partial charge is 0.0594 e. The number of halogens is 1. The molecule has 0 unspecified atom stereocenters. The third-order valence-electron chi connectivity index (χ3n) is 4.93. The van der Waals surface area contributed by atoms with Crippen LogP contribution in [0.5, 0.6) is 0 Å². The lowest BCUT2D eigenvalue weighted by Crippen LogP contribution is -2.36. The van der Waals surface area contributed by atoms with Crippen molar-refractivity contribution >= 4 is 39.8 Å². The number of allylic oxidation sites excluding steroid dienone is 2. The van der Waals surface area contributed by atoms with Crippen LogP contribution in [0, 0.1) is 3.57 Å². The second-order valence-corrected chi connectivity index (χ2v) is 7.70. The highest BCUT2D eigenvalue weighted by molar-refractivity contribution is 14.1. The first kappa shape index (κ1) is 17.0. The number of morpholine rings is 1.